The summed E-state index contributed by atoms with van der Waals surface area (Å²) in [5.74, 6) is 2.37. The molecule has 1 N–H and O–H groups in total. The van der Waals surface area contributed by atoms with Crippen LogP contribution in [-0.4, -0.2) is 62.0 Å². The molecule has 0 radical (unpaired) electrons. The third-order valence-corrected chi connectivity index (χ3v) is 13.3. The minimum absolute atomic E-state index is 0.0160. The Balaban J connectivity index is 0.000000165. The fraction of sp³-hybridized carbons (Fsp3) is 0.512. The second-order valence-corrected chi connectivity index (χ2v) is 15.9. The van der Waals surface area contributed by atoms with Gasteiger partial charge >= 0.3 is 5.97 Å². The van der Waals surface area contributed by atoms with Crippen LogP contribution in [0.3, 0.4) is 0 Å². The summed E-state index contributed by atoms with van der Waals surface area (Å²) < 4.78 is 33.3. The number of ketones is 2. The van der Waals surface area contributed by atoms with E-state index in [4.69, 9.17) is 28.4 Å². The maximum atomic E-state index is 12.8. The molecule has 2 fully saturated rings. The van der Waals surface area contributed by atoms with Gasteiger partial charge < -0.3 is 33.5 Å². The van der Waals surface area contributed by atoms with Crippen LogP contribution in [0.2, 0.25) is 0 Å². The van der Waals surface area contributed by atoms with E-state index in [1.165, 1.54) is 18.1 Å². The number of fused-ring (bicyclic) bond motifs is 9. The quantitative estimate of drug-likeness (QED) is 0.314. The molecule has 0 aromatic heterocycles. The number of allylic oxidation sites excluding steroid dienone is 4. The molecule has 2 aromatic carbocycles. The highest BCUT2D eigenvalue weighted by Crippen LogP contribution is 2.68. The van der Waals surface area contributed by atoms with Crippen LogP contribution in [-0.2, 0) is 19.1 Å². The lowest BCUT2D eigenvalue weighted by Crippen LogP contribution is -2.58. The van der Waals surface area contributed by atoms with Crippen molar-refractivity contribution in [2.45, 2.75) is 84.5 Å². The molecular weight excluding hydrogens is 676 g/mol. The van der Waals surface area contributed by atoms with E-state index in [1.807, 2.05) is 24.3 Å². The van der Waals surface area contributed by atoms with Gasteiger partial charge in [-0.15, -0.1) is 0 Å². The number of hydrogen-bond donors (Lipinski definition) is 1. The van der Waals surface area contributed by atoms with Crippen molar-refractivity contribution in [2.24, 2.45) is 28.6 Å². The summed E-state index contributed by atoms with van der Waals surface area (Å²) in [5, 5.41) is 11.0. The maximum absolute atomic E-state index is 12.8. The molecule has 6 aliphatic rings. The zero-order chi connectivity index (χ0) is 38.1. The molecule has 8 rings (SSSR count). The zero-order valence-corrected chi connectivity index (χ0v) is 31.9. The number of ether oxygens (including phenoxy) is 6. The van der Waals surface area contributed by atoms with Crippen molar-refractivity contribution < 1.29 is 47.9 Å². The molecule has 282 valence electrons. The summed E-state index contributed by atoms with van der Waals surface area (Å²) in [6.45, 7) is 9.60. The molecule has 2 aromatic rings. The summed E-state index contributed by atoms with van der Waals surface area (Å²) in [6.07, 6.45) is 11.1. The number of rotatable bonds is 5. The molecule has 0 spiro atoms. The number of methoxy groups -OCH3 is 3. The van der Waals surface area contributed by atoms with E-state index in [0.29, 0.717) is 70.5 Å². The molecule has 2 saturated carbocycles. The van der Waals surface area contributed by atoms with Gasteiger partial charge in [0.2, 0.25) is 0 Å². The predicted octanol–water partition coefficient (Wildman–Crippen LogP) is 7.30. The molecule has 10 heteroatoms. The Morgan fingerprint density at radius 3 is 2.26 bits per heavy atom. The Hall–Kier alpha value is -4.57. The summed E-state index contributed by atoms with van der Waals surface area (Å²) in [5.41, 5.74) is 3.32. The van der Waals surface area contributed by atoms with Crippen molar-refractivity contribution in [3.05, 3.63) is 64.8 Å². The SMILES string of the molecule is CC(=O)OC1(C(C)=O)CCC2C3C=C(C)C4=CC(=O)CCC4(C)C3CCC21C.COc1ccc2c(c1)OC1(O)COc3cc(OC)c(OC)cc3C1=C2. The summed E-state index contributed by atoms with van der Waals surface area (Å²) >= 11 is 0. The first-order chi connectivity index (χ1) is 25.1. The Morgan fingerprint density at radius 1 is 0.868 bits per heavy atom. The van der Waals surface area contributed by atoms with Gasteiger partial charge in [-0.2, -0.15) is 0 Å². The molecule has 10 nitrogen and oxygen atoms in total. The van der Waals surface area contributed by atoms with Gasteiger partial charge in [0.05, 0.1) is 21.3 Å². The Morgan fingerprint density at radius 2 is 1.58 bits per heavy atom. The summed E-state index contributed by atoms with van der Waals surface area (Å²) in [6, 6.07) is 9.00. The number of carbonyl (C=O) groups excluding carboxylic acids is 3. The highest BCUT2D eigenvalue weighted by molar-refractivity contribution is 5.93. The smallest absolute Gasteiger partial charge is 0.303 e. The van der Waals surface area contributed by atoms with Gasteiger partial charge in [0.1, 0.15) is 17.2 Å². The first-order valence-corrected chi connectivity index (χ1v) is 18.5. The van der Waals surface area contributed by atoms with Gasteiger partial charge in [0.15, 0.2) is 35.3 Å². The molecule has 0 amide bonds. The number of benzene rings is 2. The molecule has 2 aliphatic heterocycles. The Bertz CT molecular complexity index is 1970. The van der Waals surface area contributed by atoms with Gasteiger partial charge in [-0.1, -0.05) is 25.5 Å². The van der Waals surface area contributed by atoms with Crippen LogP contribution in [0.15, 0.2) is 53.6 Å². The standard InChI is InChI=1S/C24H32O4.C19H18O6/c1-14-12-18-19(22(4)9-6-17(27)13-21(14)22)7-10-23(5)20(18)8-11-24(23,15(2)25)28-16(3)26;1-21-12-5-4-11-6-14-13-8-17(22-2)18(23-3)9-16(13)24-10-19(14,20)25-15(11)7-12/h12-13,18-20H,6-11H2,1-5H3;4-9,20H,10H2,1-3H3. The van der Waals surface area contributed by atoms with Gasteiger partial charge in [-0.25, -0.2) is 0 Å². The van der Waals surface area contributed by atoms with Crippen molar-refractivity contribution in [2.75, 3.05) is 27.9 Å². The highest BCUT2D eigenvalue weighted by Gasteiger charge is 2.67. The van der Waals surface area contributed by atoms with E-state index in [1.54, 1.807) is 46.5 Å². The zero-order valence-electron chi connectivity index (χ0n) is 31.9. The van der Waals surface area contributed by atoms with Crippen LogP contribution >= 0.6 is 0 Å². The van der Waals surface area contributed by atoms with Crippen molar-refractivity contribution in [3.8, 4) is 28.7 Å². The third-order valence-electron chi connectivity index (χ3n) is 13.3. The maximum Gasteiger partial charge on any atom is 0.303 e. The molecule has 0 bridgehead atoms. The van der Waals surface area contributed by atoms with E-state index in [2.05, 4.69) is 26.8 Å². The molecule has 7 atom stereocenters. The predicted molar refractivity (Wildman–Crippen MR) is 198 cm³/mol. The van der Waals surface area contributed by atoms with Crippen molar-refractivity contribution >= 4 is 29.2 Å². The van der Waals surface area contributed by atoms with Gasteiger partial charge in [-0.05, 0) is 105 Å². The van der Waals surface area contributed by atoms with Gasteiger partial charge in [0, 0.05) is 47.6 Å². The van der Waals surface area contributed by atoms with Crippen molar-refractivity contribution in [1.29, 1.82) is 0 Å². The van der Waals surface area contributed by atoms with Crippen LogP contribution in [0.25, 0.3) is 11.6 Å². The lowest BCUT2D eigenvalue weighted by atomic mass is 9.47. The summed E-state index contributed by atoms with van der Waals surface area (Å²) in [4.78, 5) is 36.8. The molecule has 2 heterocycles. The number of hydrogen-bond acceptors (Lipinski definition) is 10. The Labute approximate surface area is 311 Å². The van der Waals surface area contributed by atoms with E-state index in [-0.39, 0.29) is 35.0 Å². The minimum Gasteiger partial charge on any atom is -0.497 e. The monoisotopic (exact) mass is 726 g/mol. The van der Waals surface area contributed by atoms with Crippen LogP contribution in [0, 0.1) is 28.6 Å². The fourth-order valence-corrected chi connectivity index (χ4v) is 10.6. The minimum atomic E-state index is -1.58. The second kappa shape index (κ2) is 13.1. The molecule has 4 aliphatic carbocycles. The van der Waals surface area contributed by atoms with E-state index < -0.39 is 11.4 Å². The number of aliphatic hydroxyl groups is 1. The van der Waals surface area contributed by atoms with E-state index in [0.717, 1.165) is 31.2 Å². The number of esters is 1. The van der Waals surface area contributed by atoms with Crippen LogP contribution < -0.4 is 23.7 Å². The second-order valence-electron chi connectivity index (χ2n) is 15.9. The van der Waals surface area contributed by atoms with Crippen LogP contribution in [0.5, 0.6) is 28.7 Å². The van der Waals surface area contributed by atoms with E-state index in [9.17, 15) is 19.5 Å². The third kappa shape index (κ3) is 5.67. The molecule has 0 saturated heterocycles. The fourth-order valence-electron chi connectivity index (χ4n) is 10.6. The molecular formula is C43H50O10. The van der Waals surface area contributed by atoms with Gasteiger partial charge in [0.25, 0.3) is 5.79 Å². The first-order valence-electron chi connectivity index (χ1n) is 18.5. The first kappa shape index (κ1) is 36.8. The van der Waals surface area contributed by atoms with Crippen LogP contribution in [0.1, 0.15) is 84.3 Å². The number of carbonyl (C=O) groups is 3. The largest absolute Gasteiger partial charge is 0.497 e. The average Bonchev–Trinajstić information content (AvgIpc) is 3.43. The summed E-state index contributed by atoms with van der Waals surface area (Å²) in [7, 11) is 4.71. The average molecular weight is 727 g/mol. The molecule has 53 heavy (non-hydrogen) atoms. The topological polar surface area (TPSA) is 127 Å². The lowest BCUT2D eigenvalue weighted by Gasteiger charge is -2.58. The van der Waals surface area contributed by atoms with Crippen molar-refractivity contribution in [1.82, 2.24) is 0 Å². The van der Waals surface area contributed by atoms with Gasteiger partial charge in [-0.3, -0.25) is 14.4 Å². The molecule has 7 unspecified atom stereocenters. The Kier molecular flexibility index (Phi) is 9.07. The van der Waals surface area contributed by atoms with E-state index >= 15 is 0 Å². The highest BCUT2D eigenvalue weighted by atomic mass is 16.7. The lowest BCUT2D eigenvalue weighted by molar-refractivity contribution is -0.185. The number of Topliss-reactive ketones (excluding diaryl/α,β-unsaturated/α-hetero) is 1. The van der Waals surface area contributed by atoms with Crippen LogP contribution in [0.4, 0.5) is 0 Å². The van der Waals surface area contributed by atoms with Crippen molar-refractivity contribution in [3.63, 3.8) is 0 Å². The normalized spacial score (nSPS) is 33.0.